The molecule has 1 aromatic carbocycles. The number of benzene rings is 1. The lowest BCUT2D eigenvalue weighted by Gasteiger charge is -2.27. The van der Waals surface area contributed by atoms with Crippen LogP contribution in [0.5, 0.6) is 0 Å². The molecule has 156 valence electrons. The fraction of sp³-hybridized carbons (Fsp3) is 0.381. The molecule has 0 atom stereocenters. The smallest absolute Gasteiger partial charge is 0.283 e. The molecule has 2 saturated heterocycles. The van der Waals surface area contributed by atoms with Crippen molar-refractivity contribution in [2.45, 2.75) is 17.9 Å². The fourth-order valence-corrected chi connectivity index (χ4v) is 4.60. The van der Waals surface area contributed by atoms with Gasteiger partial charge < -0.3 is 9.64 Å². The van der Waals surface area contributed by atoms with Gasteiger partial charge in [-0.15, -0.1) is 0 Å². The zero-order valence-corrected chi connectivity index (χ0v) is 17.4. The van der Waals surface area contributed by atoms with E-state index < -0.39 is 10.0 Å². The Morgan fingerprint density at radius 1 is 1.10 bits per heavy atom. The Bertz CT molecular complexity index is 1050. The van der Waals surface area contributed by atoms with E-state index in [1.54, 1.807) is 24.3 Å². The van der Waals surface area contributed by atoms with Crippen LogP contribution in [0.2, 0.25) is 0 Å². The number of ether oxygens (including phenoxy) is 1. The van der Waals surface area contributed by atoms with Gasteiger partial charge in [-0.3, -0.25) is 4.90 Å². The molecule has 9 heteroatoms. The molecule has 2 fully saturated rings. The molecule has 0 aliphatic carbocycles. The van der Waals surface area contributed by atoms with Crippen molar-refractivity contribution < 1.29 is 13.2 Å². The van der Waals surface area contributed by atoms with Gasteiger partial charge in [0.2, 0.25) is 0 Å². The number of nitrogens with zero attached hydrogens (tertiary/aromatic N) is 5. The highest BCUT2D eigenvalue weighted by atomic mass is 32.2. The first kappa shape index (κ1) is 20.5. The third-order valence-electron chi connectivity index (χ3n) is 5.21. The van der Waals surface area contributed by atoms with Gasteiger partial charge in [0.1, 0.15) is 10.7 Å². The second-order valence-electron chi connectivity index (χ2n) is 7.35. The fourth-order valence-electron chi connectivity index (χ4n) is 3.58. The van der Waals surface area contributed by atoms with Crippen molar-refractivity contribution in [1.29, 1.82) is 5.26 Å². The van der Waals surface area contributed by atoms with Gasteiger partial charge in [0.25, 0.3) is 10.0 Å². The van der Waals surface area contributed by atoms with Crippen LogP contribution in [0.1, 0.15) is 17.5 Å². The van der Waals surface area contributed by atoms with E-state index in [1.807, 2.05) is 12.1 Å². The topological polar surface area (TPSA) is 98.9 Å². The monoisotopic (exact) mass is 425 g/mol. The van der Waals surface area contributed by atoms with E-state index in [1.165, 1.54) is 6.20 Å². The van der Waals surface area contributed by atoms with Crippen molar-refractivity contribution in [3.05, 3.63) is 53.7 Å². The lowest BCUT2D eigenvalue weighted by atomic mass is 10.1. The van der Waals surface area contributed by atoms with Crippen LogP contribution in [0, 0.1) is 11.3 Å². The maximum absolute atomic E-state index is 12.7. The quantitative estimate of drug-likeness (QED) is 0.720. The minimum Gasteiger partial charge on any atom is -0.378 e. The summed E-state index contributed by atoms with van der Waals surface area (Å²) in [5.41, 5.74) is 2.36. The van der Waals surface area contributed by atoms with Crippen LogP contribution in [0.15, 0.2) is 51.9 Å². The molecule has 1 aromatic heterocycles. The van der Waals surface area contributed by atoms with Crippen LogP contribution in [-0.2, 0) is 21.3 Å². The van der Waals surface area contributed by atoms with Crippen molar-refractivity contribution in [3.8, 4) is 6.07 Å². The molecule has 4 rings (SSSR count). The summed E-state index contributed by atoms with van der Waals surface area (Å²) in [6.07, 6.45) is 2.00. The standard InChI is InChI=1S/C21H23N5O3S/c22-13-17-1-3-18(4-2-17)15-25-8-7-19(16-25)24-30(27,28)20-5-6-21(23-14-20)26-9-11-29-12-10-26/h1-6,14H,7-12,15-16H2/b24-19-. The molecule has 0 bridgehead atoms. The van der Waals surface area contributed by atoms with E-state index in [2.05, 4.69) is 25.3 Å². The molecular formula is C21H23N5O3S. The zero-order chi connectivity index (χ0) is 21.0. The molecule has 0 amide bonds. The van der Waals surface area contributed by atoms with Crippen LogP contribution >= 0.6 is 0 Å². The summed E-state index contributed by atoms with van der Waals surface area (Å²) >= 11 is 0. The second-order valence-corrected chi connectivity index (χ2v) is 8.96. The molecule has 0 spiro atoms. The number of morpholine rings is 1. The normalized spacial score (nSPS) is 19.2. The summed E-state index contributed by atoms with van der Waals surface area (Å²) in [6, 6.07) is 12.8. The Morgan fingerprint density at radius 2 is 1.87 bits per heavy atom. The minimum absolute atomic E-state index is 0.109. The second kappa shape index (κ2) is 8.92. The number of rotatable bonds is 5. The summed E-state index contributed by atoms with van der Waals surface area (Å²) in [5.74, 6) is 0.749. The maximum Gasteiger partial charge on any atom is 0.283 e. The Balaban J connectivity index is 1.40. The Labute approximate surface area is 176 Å². The molecule has 0 N–H and O–H groups in total. The number of nitriles is 1. The first-order valence-electron chi connectivity index (χ1n) is 9.86. The van der Waals surface area contributed by atoms with E-state index in [9.17, 15) is 8.42 Å². The summed E-state index contributed by atoms with van der Waals surface area (Å²) in [4.78, 5) is 8.65. The Morgan fingerprint density at radius 3 is 2.53 bits per heavy atom. The third kappa shape index (κ3) is 4.84. The molecule has 3 heterocycles. The van der Waals surface area contributed by atoms with Gasteiger partial charge in [-0.25, -0.2) is 4.98 Å². The van der Waals surface area contributed by atoms with Crippen LogP contribution in [0.3, 0.4) is 0 Å². The summed E-state index contributed by atoms with van der Waals surface area (Å²) < 4.78 is 34.8. The van der Waals surface area contributed by atoms with Crippen LogP contribution in [0.4, 0.5) is 5.82 Å². The molecule has 0 saturated carbocycles. The van der Waals surface area contributed by atoms with Gasteiger partial charge in [0.05, 0.1) is 24.8 Å². The first-order chi connectivity index (χ1) is 14.5. The van der Waals surface area contributed by atoms with E-state index in [0.717, 1.165) is 31.0 Å². The Kier molecular flexibility index (Phi) is 6.08. The molecule has 30 heavy (non-hydrogen) atoms. The highest BCUT2D eigenvalue weighted by Gasteiger charge is 2.22. The summed E-state index contributed by atoms with van der Waals surface area (Å²) in [5, 5.41) is 8.89. The zero-order valence-electron chi connectivity index (χ0n) is 16.6. The van der Waals surface area contributed by atoms with Crippen molar-refractivity contribution >= 4 is 21.6 Å². The van der Waals surface area contributed by atoms with Gasteiger partial charge >= 0.3 is 0 Å². The van der Waals surface area contributed by atoms with Gasteiger partial charge in [-0.05, 0) is 29.8 Å². The van der Waals surface area contributed by atoms with E-state index in [-0.39, 0.29) is 4.90 Å². The van der Waals surface area contributed by atoms with Crippen LogP contribution in [0.25, 0.3) is 0 Å². The predicted octanol–water partition coefficient (Wildman–Crippen LogP) is 1.83. The number of anilines is 1. The molecule has 2 aliphatic heterocycles. The average molecular weight is 426 g/mol. The number of likely N-dealkylation sites (tertiary alicyclic amines) is 1. The van der Waals surface area contributed by atoms with E-state index in [0.29, 0.717) is 44.0 Å². The molecule has 8 nitrogen and oxygen atoms in total. The average Bonchev–Trinajstić information content (AvgIpc) is 3.21. The molecular weight excluding hydrogens is 402 g/mol. The van der Waals surface area contributed by atoms with E-state index in [4.69, 9.17) is 10.00 Å². The van der Waals surface area contributed by atoms with Crippen LogP contribution in [-0.4, -0.2) is 63.4 Å². The van der Waals surface area contributed by atoms with Crippen LogP contribution < -0.4 is 4.90 Å². The van der Waals surface area contributed by atoms with Crippen molar-refractivity contribution in [1.82, 2.24) is 9.88 Å². The van der Waals surface area contributed by atoms with Gasteiger partial charge in [-0.1, -0.05) is 12.1 Å². The SMILES string of the molecule is N#Cc1ccc(CN2CC/C(=N/S(=O)(=O)c3ccc(N4CCOCC4)nc3)C2)cc1. The number of sulfonamides is 1. The van der Waals surface area contributed by atoms with E-state index >= 15 is 0 Å². The number of hydrogen-bond acceptors (Lipinski definition) is 7. The number of aromatic nitrogens is 1. The van der Waals surface area contributed by atoms with Crippen molar-refractivity contribution in [3.63, 3.8) is 0 Å². The lowest BCUT2D eigenvalue weighted by molar-refractivity contribution is 0.122. The number of pyridine rings is 1. The minimum atomic E-state index is -3.78. The lowest BCUT2D eigenvalue weighted by Crippen LogP contribution is -2.36. The third-order valence-corrected chi connectivity index (χ3v) is 6.55. The van der Waals surface area contributed by atoms with Gasteiger partial charge in [0.15, 0.2) is 0 Å². The van der Waals surface area contributed by atoms with Crippen molar-refractivity contribution in [2.75, 3.05) is 44.3 Å². The molecule has 2 aromatic rings. The summed E-state index contributed by atoms with van der Waals surface area (Å²) in [7, 11) is -3.78. The highest BCUT2D eigenvalue weighted by Crippen LogP contribution is 2.19. The largest absolute Gasteiger partial charge is 0.378 e. The molecule has 0 unspecified atom stereocenters. The van der Waals surface area contributed by atoms with Gasteiger partial charge in [-0.2, -0.15) is 18.1 Å². The molecule has 0 radical (unpaired) electrons. The predicted molar refractivity (Wildman–Crippen MR) is 113 cm³/mol. The number of hydrogen-bond donors (Lipinski definition) is 0. The molecule has 2 aliphatic rings. The Hall–Kier alpha value is -2.80. The summed E-state index contributed by atoms with van der Waals surface area (Å²) in [6.45, 7) is 4.75. The van der Waals surface area contributed by atoms with Gasteiger partial charge in [0, 0.05) is 51.1 Å². The maximum atomic E-state index is 12.7. The van der Waals surface area contributed by atoms with Crippen molar-refractivity contribution in [2.24, 2.45) is 4.40 Å². The highest BCUT2D eigenvalue weighted by molar-refractivity contribution is 7.90. The first-order valence-corrected chi connectivity index (χ1v) is 11.3.